The zero-order valence-corrected chi connectivity index (χ0v) is 12.0. The molecule has 0 saturated carbocycles. The molecule has 2 N–H and O–H groups in total. The average Bonchev–Trinajstić information content (AvgIpc) is 2.48. The summed E-state index contributed by atoms with van der Waals surface area (Å²) in [6.07, 6.45) is 2.55. The van der Waals surface area contributed by atoms with Crippen molar-refractivity contribution in [3.05, 3.63) is 35.2 Å². The van der Waals surface area contributed by atoms with Gasteiger partial charge in [-0.1, -0.05) is 11.6 Å². The van der Waals surface area contributed by atoms with Crippen LogP contribution in [-0.4, -0.2) is 35.3 Å². The number of methoxy groups -OCH3 is 2. The third-order valence-electron chi connectivity index (χ3n) is 2.59. The first-order chi connectivity index (χ1) is 10.0. The molecule has 1 aromatic heterocycles. The Hall–Kier alpha value is -2.54. The SMILES string of the molecule is COc1cc(OC)c(Nc2cncc(C(=O)O)n2)cc1Cl. The van der Waals surface area contributed by atoms with Crippen LogP contribution in [0, 0.1) is 0 Å². The molecule has 0 aliphatic carbocycles. The van der Waals surface area contributed by atoms with Gasteiger partial charge in [-0.2, -0.15) is 0 Å². The first-order valence-electron chi connectivity index (χ1n) is 5.79. The molecule has 7 nitrogen and oxygen atoms in total. The van der Waals surface area contributed by atoms with Crippen LogP contribution in [0.4, 0.5) is 11.5 Å². The maximum atomic E-state index is 10.9. The Morgan fingerprint density at radius 2 is 1.95 bits per heavy atom. The van der Waals surface area contributed by atoms with E-state index in [1.165, 1.54) is 20.4 Å². The lowest BCUT2D eigenvalue weighted by Gasteiger charge is -2.13. The predicted molar refractivity (Wildman–Crippen MR) is 76.8 cm³/mol. The zero-order chi connectivity index (χ0) is 15.4. The van der Waals surface area contributed by atoms with Crippen molar-refractivity contribution in [2.75, 3.05) is 19.5 Å². The third kappa shape index (κ3) is 3.32. The molecule has 1 heterocycles. The van der Waals surface area contributed by atoms with Gasteiger partial charge in [0.25, 0.3) is 0 Å². The summed E-state index contributed by atoms with van der Waals surface area (Å²) in [4.78, 5) is 18.6. The van der Waals surface area contributed by atoms with Crippen molar-refractivity contribution in [3.63, 3.8) is 0 Å². The molecular formula is C13H12ClN3O4. The van der Waals surface area contributed by atoms with Gasteiger partial charge in [0.15, 0.2) is 5.69 Å². The highest BCUT2D eigenvalue weighted by Gasteiger charge is 2.12. The minimum Gasteiger partial charge on any atom is -0.495 e. The van der Waals surface area contributed by atoms with E-state index in [9.17, 15) is 4.79 Å². The van der Waals surface area contributed by atoms with Gasteiger partial charge in [-0.3, -0.25) is 4.98 Å². The molecule has 21 heavy (non-hydrogen) atoms. The smallest absolute Gasteiger partial charge is 0.356 e. The summed E-state index contributed by atoms with van der Waals surface area (Å²) in [6.45, 7) is 0. The average molecular weight is 310 g/mol. The van der Waals surface area contributed by atoms with Gasteiger partial charge in [-0.25, -0.2) is 9.78 Å². The molecule has 2 aromatic rings. The van der Waals surface area contributed by atoms with Crippen LogP contribution in [0.2, 0.25) is 5.02 Å². The fourth-order valence-electron chi connectivity index (χ4n) is 1.62. The minimum absolute atomic E-state index is 0.168. The largest absolute Gasteiger partial charge is 0.495 e. The molecule has 0 unspecified atom stereocenters. The van der Waals surface area contributed by atoms with Gasteiger partial charge in [0, 0.05) is 6.07 Å². The van der Waals surface area contributed by atoms with Gasteiger partial charge in [0.05, 0.1) is 37.3 Å². The second kappa shape index (κ2) is 6.27. The number of benzene rings is 1. The fourth-order valence-corrected chi connectivity index (χ4v) is 1.87. The van der Waals surface area contributed by atoms with E-state index < -0.39 is 5.97 Å². The second-order valence-electron chi connectivity index (χ2n) is 3.91. The van der Waals surface area contributed by atoms with Crippen LogP contribution in [0.5, 0.6) is 11.5 Å². The number of ether oxygens (including phenoxy) is 2. The van der Waals surface area contributed by atoms with E-state index in [2.05, 4.69) is 15.3 Å². The zero-order valence-electron chi connectivity index (χ0n) is 11.3. The van der Waals surface area contributed by atoms with Crippen molar-refractivity contribution >= 4 is 29.1 Å². The lowest BCUT2D eigenvalue weighted by atomic mass is 10.2. The van der Waals surface area contributed by atoms with Crippen LogP contribution in [0.25, 0.3) is 0 Å². The van der Waals surface area contributed by atoms with Crippen LogP contribution in [0.3, 0.4) is 0 Å². The summed E-state index contributed by atoms with van der Waals surface area (Å²) >= 11 is 6.06. The summed E-state index contributed by atoms with van der Waals surface area (Å²) < 4.78 is 10.3. The molecule has 2 rings (SSSR count). The van der Waals surface area contributed by atoms with Crippen LogP contribution < -0.4 is 14.8 Å². The first-order valence-corrected chi connectivity index (χ1v) is 6.17. The molecule has 8 heteroatoms. The summed E-state index contributed by atoms with van der Waals surface area (Å²) in [5, 5.41) is 12.2. The standard InChI is InChI=1S/C13H12ClN3O4/c1-20-10-4-11(21-2)8(3-7(10)14)16-12-6-15-5-9(17-12)13(18)19/h3-6H,1-2H3,(H,16,17)(H,18,19). The number of aromatic carboxylic acids is 1. The summed E-state index contributed by atoms with van der Waals surface area (Å²) in [5.41, 5.74) is 0.346. The number of rotatable bonds is 5. The van der Waals surface area contributed by atoms with E-state index in [4.69, 9.17) is 26.2 Å². The quantitative estimate of drug-likeness (QED) is 0.876. The van der Waals surface area contributed by atoms with Crippen molar-refractivity contribution in [1.29, 1.82) is 0 Å². The summed E-state index contributed by atoms with van der Waals surface area (Å²) in [6, 6.07) is 3.20. The Balaban J connectivity index is 2.37. The van der Waals surface area contributed by atoms with Gasteiger partial charge in [-0.05, 0) is 6.07 Å². The van der Waals surface area contributed by atoms with E-state index in [1.54, 1.807) is 12.1 Å². The highest BCUT2D eigenvalue weighted by molar-refractivity contribution is 6.32. The van der Waals surface area contributed by atoms with Gasteiger partial charge in [-0.15, -0.1) is 0 Å². The highest BCUT2D eigenvalue weighted by atomic mass is 35.5. The number of halogens is 1. The maximum absolute atomic E-state index is 10.9. The molecule has 0 radical (unpaired) electrons. The molecule has 0 aliphatic rings. The number of hydrogen-bond acceptors (Lipinski definition) is 6. The molecule has 110 valence electrons. The highest BCUT2D eigenvalue weighted by Crippen LogP contribution is 2.36. The van der Waals surface area contributed by atoms with E-state index in [0.717, 1.165) is 6.20 Å². The monoisotopic (exact) mass is 309 g/mol. The number of carboxylic acids is 1. The van der Waals surface area contributed by atoms with Crippen molar-refractivity contribution in [2.24, 2.45) is 0 Å². The Kier molecular flexibility index (Phi) is 4.44. The Morgan fingerprint density at radius 1 is 1.24 bits per heavy atom. The van der Waals surface area contributed by atoms with E-state index in [0.29, 0.717) is 22.2 Å². The number of nitrogens with one attached hydrogen (secondary N) is 1. The third-order valence-corrected chi connectivity index (χ3v) is 2.89. The summed E-state index contributed by atoms with van der Waals surface area (Å²) in [7, 11) is 2.99. The van der Waals surface area contributed by atoms with Gasteiger partial charge >= 0.3 is 5.97 Å². The fraction of sp³-hybridized carbons (Fsp3) is 0.154. The number of carboxylic acid groups (broad SMARTS) is 1. The van der Waals surface area contributed by atoms with Gasteiger partial charge in [0.1, 0.15) is 17.3 Å². The van der Waals surface area contributed by atoms with Crippen LogP contribution in [0.1, 0.15) is 10.5 Å². The predicted octanol–water partition coefficient (Wildman–Crippen LogP) is 2.59. The Bertz CT molecular complexity index is 678. The number of hydrogen-bond donors (Lipinski definition) is 2. The number of carbonyl (C=O) groups is 1. The maximum Gasteiger partial charge on any atom is 0.356 e. The molecule has 1 aromatic carbocycles. The lowest BCUT2D eigenvalue weighted by Crippen LogP contribution is -2.04. The lowest BCUT2D eigenvalue weighted by molar-refractivity contribution is 0.0690. The molecule has 0 atom stereocenters. The Labute approximate surface area is 125 Å². The van der Waals surface area contributed by atoms with Crippen LogP contribution in [0.15, 0.2) is 24.5 Å². The van der Waals surface area contributed by atoms with Crippen molar-refractivity contribution in [2.45, 2.75) is 0 Å². The van der Waals surface area contributed by atoms with Crippen molar-refractivity contribution < 1.29 is 19.4 Å². The van der Waals surface area contributed by atoms with Crippen molar-refractivity contribution in [1.82, 2.24) is 9.97 Å². The number of nitrogens with zero attached hydrogens (tertiary/aromatic N) is 2. The van der Waals surface area contributed by atoms with E-state index in [1.807, 2.05) is 0 Å². The minimum atomic E-state index is -1.16. The number of aromatic nitrogens is 2. The topological polar surface area (TPSA) is 93.6 Å². The normalized spacial score (nSPS) is 10.0. The van der Waals surface area contributed by atoms with Crippen LogP contribution in [-0.2, 0) is 0 Å². The van der Waals surface area contributed by atoms with Gasteiger partial charge in [0.2, 0.25) is 0 Å². The molecule has 0 aliphatic heterocycles. The summed E-state index contributed by atoms with van der Waals surface area (Å²) in [5.74, 6) is 0.0310. The number of anilines is 2. The van der Waals surface area contributed by atoms with Gasteiger partial charge < -0.3 is 19.9 Å². The van der Waals surface area contributed by atoms with Crippen molar-refractivity contribution in [3.8, 4) is 11.5 Å². The molecule has 0 amide bonds. The van der Waals surface area contributed by atoms with Crippen LogP contribution >= 0.6 is 11.6 Å². The Morgan fingerprint density at radius 3 is 2.57 bits per heavy atom. The van der Waals surface area contributed by atoms with E-state index in [-0.39, 0.29) is 11.5 Å². The molecule has 0 bridgehead atoms. The first kappa shape index (κ1) is 14.9. The second-order valence-corrected chi connectivity index (χ2v) is 4.31. The molecule has 0 spiro atoms. The molecule has 0 fully saturated rings. The molecule has 0 saturated heterocycles. The molecular weight excluding hydrogens is 298 g/mol. The van der Waals surface area contributed by atoms with E-state index >= 15 is 0 Å².